The molecule has 0 aliphatic rings. The molecule has 0 aliphatic carbocycles. The van der Waals surface area contributed by atoms with Gasteiger partial charge in [0.05, 0.1) is 17.3 Å². The molecule has 0 amide bonds. The first kappa shape index (κ1) is 16.5. The molecule has 0 fully saturated rings. The highest BCUT2D eigenvalue weighted by Crippen LogP contribution is 2.22. The van der Waals surface area contributed by atoms with Crippen molar-refractivity contribution in [2.24, 2.45) is 11.8 Å². The summed E-state index contributed by atoms with van der Waals surface area (Å²) in [5.74, 6) is 0.896. The largest absolute Gasteiger partial charge is 0.369 e. The normalized spacial score (nSPS) is 10.9. The van der Waals surface area contributed by atoms with Gasteiger partial charge in [0.15, 0.2) is 0 Å². The Kier molecular flexibility index (Phi) is 6.51. The summed E-state index contributed by atoms with van der Waals surface area (Å²) >= 11 is 0. The highest BCUT2D eigenvalue weighted by Gasteiger charge is 2.13. The van der Waals surface area contributed by atoms with Gasteiger partial charge >= 0.3 is 0 Å². The fourth-order valence-electron chi connectivity index (χ4n) is 2.01. The molecule has 0 spiro atoms. The molecule has 2 nitrogen and oxygen atoms in total. The van der Waals surface area contributed by atoms with Gasteiger partial charge in [-0.05, 0) is 42.9 Å². The third-order valence-electron chi connectivity index (χ3n) is 3.37. The van der Waals surface area contributed by atoms with E-state index in [0.717, 1.165) is 25.9 Å². The van der Waals surface area contributed by atoms with Crippen LogP contribution in [0, 0.1) is 29.0 Å². The third kappa shape index (κ3) is 5.21. The second-order valence-electron chi connectivity index (χ2n) is 6.13. The van der Waals surface area contributed by atoms with Crippen LogP contribution in [0.4, 0.5) is 10.1 Å². The molecule has 1 aromatic rings. The number of hydrogen-bond acceptors (Lipinski definition) is 2. The minimum atomic E-state index is -0.295. The summed E-state index contributed by atoms with van der Waals surface area (Å²) in [4.78, 5) is 2.11. The summed E-state index contributed by atoms with van der Waals surface area (Å²) < 4.78 is 14.1. The van der Waals surface area contributed by atoms with Gasteiger partial charge in [-0.25, -0.2) is 4.39 Å². The Hall–Kier alpha value is -1.56. The van der Waals surface area contributed by atoms with Crippen molar-refractivity contribution in [3.8, 4) is 6.07 Å². The number of nitrogens with zero attached hydrogens (tertiary/aromatic N) is 2. The van der Waals surface area contributed by atoms with Crippen molar-refractivity contribution in [2.75, 3.05) is 18.0 Å². The van der Waals surface area contributed by atoms with E-state index in [4.69, 9.17) is 5.26 Å². The van der Waals surface area contributed by atoms with Crippen LogP contribution >= 0.6 is 0 Å². The van der Waals surface area contributed by atoms with Crippen LogP contribution in [-0.2, 0) is 0 Å². The van der Waals surface area contributed by atoms with Crippen molar-refractivity contribution in [3.05, 3.63) is 29.6 Å². The van der Waals surface area contributed by atoms with Crippen LogP contribution in [0.2, 0.25) is 0 Å². The Balaban J connectivity index is 2.88. The Morgan fingerprint density at radius 1 is 1.10 bits per heavy atom. The number of nitriles is 1. The SMILES string of the molecule is CC(C)CCN(CCC(C)C)c1ccc(C#N)cc1F. The lowest BCUT2D eigenvalue weighted by Gasteiger charge is -2.27. The Labute approximate surface area is 122 Å². The maximum Gasteiger partial charge on any atom is 0.147 e. The minimum Gasteiger partial charge on any atom is -0.369 e. The number of rotatable bonds is 7. The minimum absolute atomic E-state index is 0.295. The van der Waals surface area contributed by atoms with E-state index in [1.54, 1.807) is 12.1 Å². The molecule has 0 bridgehead atoms. The Bertz CT molecular complexity index is 449. The molecule has 0 atom stereocenters. The van der Waals surface area contributed by atoms with Crippen molar-refractivity contribution in [3.63, 3.8) is 0 Å². The predicted octanol–water partition coefficient (Wildman–Crippen LogP) is 4.60. The fraction of sp³-hybridized carbons (Fsp3) is 0.588. The smallest absolute Gasteiger partial charge is 0.147 e. The van der Waals surface area contributed by atoms with Crippen molar-refractivity contribution < 1.29 is 4.39 Å². The molecule has 0 aliphatic heterocycles. The summed E-state index contributed by atoms with van der Waals surface area (Å²) in [6, 6.07) is 6.72. The summed E-state index contributed by atoms with van der Waals surface area (Å²) in [5.41, 5.74) is 0.990. The lowest BCUT2D eigenvalue weighted by molar-refractivity contribution is 0.526. The van der Waals surface area contributed by atoms with Gasteiger partial charge in [-0.1, -0.05) is 27.7 Å². The van der Waals surface area contributed by atoms with E-state index in [9.17, 15) is 4.39 Å². The second-order valence-corrected chi connectivity index (χ2v) is 6.13. The zero-order chi connectivity index (χ0) is 15.1. The predicted molar refractivity (Wildman–Crippen MR) is 82.2 cm³/mol. The number of hydrogen-bond donors (Lipinski definition) is 0. The molecule has 3 heteroatoms. The molecular formula is C17H25FN2. The van der Waals surface area contributed by atoms with Crippen molar-refractivity contribution in [2.45, 2.75) is 40.5 Å². The van der Waals surface area contributed by atoms with E-state index in [1.807, 2.05) is 6.07 Å². The van der Waals surface area contributed by atoms with Crippen LogP contribution < -0.4 is 4.90 Å². The molecule has 0 aromatic heterocycles. The van der Waals surface area contributed by atoms with Gasteiger partial charge in [-0.2, -0.15) is 5.26 Å². The molecular weight excluding hydrogens is 251 g/mol. The van der Waals surface area contributed by atoms with E-state index in [1.165, 1.54) is 6.07 Å². The lowest BCUT2D eigenvalue weighted by Crippen LogP contribution is -2.28. The van der Waals surface area contributed by atoms with Gasteiger partial charge in [0.2, 0.25) is 0 Å². The van der Waals surface area contributed by atoms with Gasteiger partial charge in [0, 0.05) is 13.1 Å². The van der Waals surface area contributed by atoms with Gasteiger partial charge in [0.1, 0.15) is 5.82 Å². The van der Waals surface area contributed by atoms with E-state index < -0.39 is 0 Å². The summed E-state index contributed by atoms with van der Waals surface area (Å²) in [6.45, 7) is 10.4. The summed E-state index contributed by atoms with van der Waals surface area (Å²) in [5, 5.41) is 8.81. The number of benzene rings is 1. The molecule has 1 aromatic carbocycles. The van der Waals surface area contributed by atoms with E-state index in [0.29, 0.717) is 23.1 Å². The first-order valence-electron chi connectivity index (χ1n) is 7.38. The number of halogens is 1. The topological polar surface area (TPSA) is 27.0 Å². The standard InChI is InChI=1S/C17H25FN2/c1-13(2)7-9-20(10-8-14(3)4)17-6-5-15(12-19)11-16(17)18/h5-6,11,13-14H,7-10H2,1-4H3. The monoisotopic (exact) mass is 276 g/mol. The molecule has 0 unspecified atom stereocenters. The van der Waals surface area contributed by atoms with Crippen LogP contribution in [0.15, 0.2) is 18.2 Å². The fourth-order valence-corrected chi connectivity index (χ4v) is 2.01. The van der Waals surface area contributed by atoms with Gasteiger partial charge < -0.3 is 4.90 Å². The molecule has 110 valence electrons. The average molecular weight is 276 g/mol. The summed E-state index contributed by atoms with van der Waals surface area (Å²) in [6.07, 6.45) is 2.08. The lowest BCUT2D eigenvalue weighted by atomic mass is 10.1. The summed E-state index contributed by atoms with van der Waals surface area (Å²) in [7, 11) is 0. The molecule has 0 saturated carbocycles. The van der Waals surface area contributed by atoms with E-state index in [-0.39, 0.29) is 5.82 Å². The maximum atomic E-state index is 14.1. The third-order valence-corrected chi connectivity index (χ3v) is 3.37. The quantitative estimate of drug-likeness (QED) is 0.728. The molecule has 0 radical (unpaired) electrons. The molecule has 0 N–H and O–H groups in total. The average Bonchev–Trinajstić information content (AvgIpc) is 2.39. The number of anilines is 1. The van der Waals surface area contributed by atoms with Crippen molar-refractivity contribution >= 4 is 5.69 Å². The molecule has 0 saturated heterocycles. The molecule has 1 rings (SSSR count). The Morgan fingerprint density at radius 3 is 2.05 bits per heavy atom. The van der Waals surface area contributed by atoms with Crippen LogP contribution in [-0.4, -0.2) is 13.1 Å². The van der Waals surface area contributed by atoms with Crippen LogP contribution in [0.3, 0.4) is 0 Å². The van der Waals surface area contributed by atoms with Gasteiger partial charge in [0.25, 0.3) is 0 Å². The van der Waals surface area contributed by atoms with Crippen LogP contribution in [0.25, 0.3) is 0 Å². The van der Waals surface area contributed by atoms with E-state index in [2.05, 4.69) is 32.6 Å². The van der Waals surface area contributed by atoms with Crippen LogP contribution in [0.1, 0.15) is 46.1 Å². The first-order valence-corrected chi connectivity index (χ1v) is 7.38. The molecule has 0 heterocycles. The van der Waals surface area contributed by atoms with Gasteiger partial charge in [-0.15, -0.1) is 0 Å². The zero-order valence-corrected chi connectivity index (χ0v) is 13.0. The zero-order valence-electron chi connectivity index (χ0n) is 13.0. The van der Waals surface area contributed by atoms with Gasteiger partial charge in [-0.3, -0.25) is 0 Å². The highest BCUT2D eigenvalue weighted by molar-refractivity contribution is 5.51. The molecule has 20 heavy (non-hydrogen) atoms. The van der Waals surface area contributed by atoms with E-state index >= 15 is 0 Å². The second kappa shape index (κ2) is 7.89. The van der Waals surface area contributed by atoms with Crippen molar-refractivity contribution in [1.82, 2.24) is 0 Å². The highest BCUT2D eigenvalue weighted by atomic mass is 19.1. The first-order chi connectivity index (χ1) is 9.43. The van der Waals surface area contributed by atoms with Crippen LogP contribution in [0.5, 0.6) is 0 Å². The maximum absolute atomic E-state index is 14.1. The van der Waals surface area contributed by atoms with Crippen molar-refractivity contribution in [1.29, 1.82) is 5.26 Å². The Morgan fingerprint density at radius 2 is 1.65 bits per heavy atom.